The lowest BCUT2D eigenvalue weighted by Gasteiger charge is -2.21. The van der Waals surface area contributed by atoms with Crippen molar-refractivity contribution in [3.63, 3.8) is 0 Å². The van der Waals surface area contributed by atoms with Gasteiger partial charge in [-0.1, -0.05) is 6.07 Å². The molecule has 0 radical (unpaired) electrons. The van der Waals surface area contributed by atoms with Crippen molar-refractivity contribution in [1.29, 1.82) is 0 Å². The van der Waals surface area contributed by atoms with Crippen LogP contribution in [0.4, 0.5) is 5.69 Å². The van der Waals surface area contributed by atoms with Crippen LogP contribution in [0.2, 0.25) is 0 Å². The molecule has 1 unspecified atom stereocenters. The molecular formula is C15H16N2O4. The van der Waals surface area contributed by atoms with Crippen molar-refractivity contribution in [2.45, 2.75) is 12.8 Å². The van der Waals surface area contributed by atoms with Crippen molar-refractivity contribution in [3.8, 4) is 0 Å². The molecule has 1 fully saturated rings. The van der Waals surface area contributed by atoms with Crippen molar-refractivity contribution < 1.29 is 19.5 Å². The molecule has 1 aromatic carbocycles. The number of carbonyl (C=O) groups is 3. The van der Waals surface area contributed by atoms with Crippen molar-refractivity contribution in [3.05, 3.63) is 29.3 Å². The number of rotatable bonds is 2. The molecule has 6 heteroatoms. The number of amides is 2. The van der Waals surface area contributed by atoms with Crippen LogP contribution in [0.1, 0.15) is 22.3 Å². The molecule has 3 rings (SSSR count). The molecule has 1 N–H and O–H groups in total. The van der Waals surface area contributed by atoms with Crippen molar-refractivity contribution >= 4 is 23.5 Å². The number of carboxylic acid groups (broad SMARTS) is 1. The van der Waals surface area contributed by atoms with Gasteiger partial charge in [-0.2, -0.15) is 0 Å². The van der Waals surface area contributed by atoms with Gasteiger partial charge in [-0.25, -0.2) is 4.79 Å². The monoisotopic (exact) mass is 288 g/mol. The quantitative estimate of drug-likeness (QED) is 0.871. The Hall–Kier alpha value is -2.37. The molecule has 1 saturated heterocycles. The Bertz CT molecular complexity index is 641. The lowest BCUT2D eigenvalue weighted by atomic mass is 10.1. The first-order valence-electron chi connectivity index (χ1n) is 6.89. The van der Waals surface area contributed by atoms with Crippen molar-refractivity contribution in [2.75, 3.05) is 25.0 Å². The van der Waals surface area contributed by atoms with Gasteiger partial charge in [0.2, 0.25) is 11.8 Å². The molecule has 2 heterocycles. The maximum atomic E-state index is 12.6. The number of aromatic carboxylic acids is 1. The number of likely N-dealkylation sites (tertiary alicyclic amines) is 1. The van der Waals surface area contributed by atoms with Gasteiger partial charge in [-0.05, 0) is 24.1 Å². The first kappa shape index (κ1) is 13.6. The Labute approximate surface area is 122 Å². The zero-order chi connectivity index (χ0) is 15.1. The average Bonchev–Trinajstić information content (AvgIpc) is 3.01. The van der Waals surface area contributed by atoms with Gasteiger partial charge in [-0.3, -0.25) is 9.59 Å². The van der Waals surface area contributed by atoms with Crippen molar-refractivity contribution in [1.82, 2.24) is 4.90 Å². The van der Waals surface area contributed by atoms with Gasteiger partial charge in [0.15, 0.2) is 0 Å². The molecular weight excluding hydrogens is 272 g/mol. The third kappa shape index (κ3) is 2.26. The minimum Gasteiger partial charge on any atom is -0.478 e. The molecule has 0 saturated carbocycles. The second-order valence-corrected chi connectivity index (χ2v) is 5.56. The van der Waals surface area contributed by atoms with Crippen LogP contribution in [0, 0.1) is 5.92 Å². The zero-order valence-corrected chi connectivity index (χ0v) is 11.7. The third-order valence-corrected chi connectivity index (χ3v) is 4.18. The van der Waals surface area contributed by atoms with Crippen LogP contribution in [-0.4, -0.2) is 47.9 Å². The summed E-state index contributed by atoms with van der Waals surface area (Å²) < 4.78 is 0. The van der Waals surface area contributed by atoms with Crippen LogP contribution >= 0.6 is 0 Å². The maximum Gasteiger partial charge on any atom is 0.335 e. The van der Waals surface area contributed by atoms with E-state index in [2.05, 4.69) is 0 Å². The summed E-state index contributed by atoms with van der Waals surface area (Å²) in [4.78, 5) is 38.4. The summed E-state index contributed by atoms with van der Waals surface area (Å²) in [5.74, 6) is -1.45. The Morgan fingerprint density at radius 1 is 1.33 bits per heavy atom. The van der Waals surface area contributed by atoms with Gasteiger partial charge in [0.1, 0.15) is 0 Å². The molecule has 6 nitrogen and oxygen atoms in total. The Morgan fingerprint density at radius 3 is 2.71 bits per heavy atom. The molecule has 2 aliphatic rings. The molecule has 1 aromatic rings. The number of carboxylic acids is 1. The molecule has 2 amide bonds. The molecule has 0 bridgehead atoms. The molecule has 110 valence electrons. The van der Waals surface area contributed by atoms with Gasteiger partial charge in [0, 0.05) is 32.2 Å². The van der Waals surface area contributed by atoms with Crippen LogP contribution in [0.3, 0.4) is 0 Å². The van der Waals surface area contributed by atoms with Crippen LogP contribution in [0.15, 0.2) is 18.2 Å². The van der Waals surface area contributed by atoms with Gasteiger partial charge in [0.25, 0.3) is 0 Å². The minimum absolute atomic E-state index is 0.0212. The van der Waals surface area contributed by atoms with Gasteiger partial charge >= 0.3 is 5.97 Å². The zero-order valence-electron chi connectivity index (χ0n) is 11.7. The van der Waals surface area contributed by atoms with E-state index in [1.165, 1.54) is 0 Å². The van der Waals surface area contributed by atoms with E-state index in [1.54, 1.807) is 35.0 Å². The Kier molecular flexibility index (Phi) is 3.16. The fourth-order valence-electron chi connectivity index (χ4n) is 2.99. The van der Waals surface area contributed by atoms with E-state index in [-0.39, 0.29) is 29.7 Å². The minimum atomic E-state index is -1.01. The van der Waals surface area contributed by atoms with Crippen LogP contribution < -0.4 is 4.90 Å². The second-order valence-electron chi connectivity index (χ2n) is 5.56. The lowest BCUT2D eigenvalue weighted by molar-refractivity contribution is -0.127. The lowest BCUT2D eigenvalue weighted by Crippen LogP contribution is -2.36. The topological polar surface area (TPSA) is 77.9 Å². The van der Waals surface area contributed by atoms with Gasteiger partial charge in [-0.15, -0.1) is 0 Å². The predicted octanol–water partition coefficient (Wildman–Crippen LogP) is 0.752. The van der Waals surface area contributed by atoms with Crippen LogP contribution in [0.5, 0.6) is 0 Å². The first-order valence-corrected chi connectivity index (χ1v) is 6.89. The average molecular weight is 288 g/mol. The van der Waals surface area contributed by atoms with E-state index in [1.807, 2.05) is 0 Å². The smallest absolute Gasteiger partial charge is 0.335 e. The summed E-state index contributed by atoms with van der Waals surface area (Å²) in [6.45, 7) is 0.980. The summed E-state index contributed by atoms with van der Waals surface area (Å²) in [5, 5.41) is 9.07. The number of hydrogen-bond acceptors (Lipinski definition) is 3. The molecule has 2 aliphatic heterocycles. The third-order valence-electron chi connectivity index (χ3n) is 4.18. The molecule has 1 atom stereocenters. The highest BCUT2D eigenvalue weighted by Crippen LogP contribution is 2.32. The summed E-state index contributed by atoms with van der Waals surface area (Å²) in [6, 6.07) is 4.86. The van der Waals surface area contributed by atoms with Crippen LogP contribution in [-0.2, 0) is 16.0 Å². The Balaban J connectivity index is 1.86. The normalized spacial score (nSPS) is 20.8. The van der Waals surface area contributed by atoms with E-state index in [9.17, 15) is 14.4 Å². The standard InChI is InChI=1S/C15H16N2O4/c1-16-8-11(7-13(16)18)14(19)17-5-4-9-2-3-10(15(20)21)6-12(9)17/h2-3,6,11H,4-5,7-8H2,1H3,(H,20,21). The van der Waals surface area contributed by atoms with Gasteiger partial charge in [0.05, 0.1) is 11.5 Å². The number of nitrogens with zero attached hydrogens (tertiary/aromatic N) is 2. The Morgan fingerprint density at radius 2 is 2.10 bits per heavy atom. The number of anilines is 1. The number of carbonyl (C=O) groups excluding carboxylic acids is 2. The van der Waals surface area contributed by atoms with Gasteiger partial charge < -0.3 is 14.9 Å². The largest absolute Gasteiger partial charge is 0.478 e. The first-order chi connectivity index (χ1) is 9.97. The number of benzene rings is 1. The highest BCUT2D eigenvalue weighted by molar-refractivity contribution is 6.01. The van der Waals surface area contributed by atoms with E-state index in [0.717, 1.165) is 12.0 Å². The van der Waals surface area contributed by atoms with E-state index in [0.29, 0.717) is 18.8 Å². The summed E-state index contributed by atoms with van der Waals surface area (Å²) in [5.41, 5.74) is 1.82. The predicted molar refractivity (Wildman–Crippen MR) is 75.2 cm³/mol. The second kappa shape index (κ2) is 4.87. The summed E-state index contributed by atoms with van der Waals surface area (Å²) in [7, 11) is 1.69. The highest BCUT2D eigenvalue weighted by Gasteiger charge is 2.37. The maximum absolute atomic E-state index is 12.6. The van der Waals surface area contributed by atoms with E-state index < -0.39 is 5.97 Å². The molecule has 21 heavy (non-hydrogen) atoms. The van der Waals surface area contributed by atoms with Crippen LogP contribution in [0.25, 0.3) is 0 Å². The molecule has 0 aromatic heterocycles. The molecule has 0 aliphatic carbocycles. The van der Waals surface area contributed by atoms with E-state index >= 15 is 0 Å². The number of hydrogen-bond donors (Lipinski definition) is 1. The summed E-state index contributed by atoms with van der Waals surface area (Å²) in [6.07, 6.45) is 0.956. The fraction of sp³-hybridized carbons (Fsp3) is 0.400. The SMILES string of the molecule is CN1CC(C(=O)N2CCc3ccc(C(=O)O)cc32)CC1=O. The summed E-state index contributed by atoms with van der Waals surface area (Å²) >= 11 is 0. The molecule has 0 spiro atoms. The fourth-order valence-corrected chi connectivity index (χ4v) is 2.99. The number of fused-ring (bicyclic) bond motifs is 1. The van der Waals surface area contributed by atoms with Crippen molar-refractivity contribution in [2.24, 2.45) is 5.92 Å². The van der Waals surface area contributed by atoms with E-state index in [4.69, 9.17) is 5.11 Å². The highest BCUT2D eigenvalue weighted by atomic mass is 16.4.